The average molecular weight is 172 g/mol. The summed E-state index contributed by atoms with van der Waals surface area (Å²) in [6, 6.07) is 0. The largest absolute Gasteiger partial charge is 0.379 e. The minimum absolute atomic E-state index is 0.535. The maximum absolute atomic E-state index is 5.52. The van der Waals surface area contributed by atoms with Crippen molar-refractivity contribution in [3.8, 4) is 0 Å². The predicted octanol–water partition coefficient (Wildman–Crippen LogP) is 2.08. The van der Waals surface area contributed by atoms with Gasteiger partial charge in [-0.2, -0.15) is 0 Å². The first-order valence-corrected chi connectivity index (χ1v) is 4.89. The smallest absolute Gasteiger partial charge is 0.0704 e. The zero-order valence-corrected chi connectivity index (χ0v) is 8.38. The molecule has 0 bridgehead atoms. The van der Waals surface area contributed by atoms with Crippen molar-refractivity contribution in [3.05, 3.63) is 0 Å². The van der Waals surface area contributed by atoms with Crippen LogP contribution in [0.2, 0.25) is 0 Å². The molecule has 0 aromatic carbocycles. The van der Waals surface area contributed by atoms with Crippen molar-refractivity contribution in [1.82, 2.24) is 0 Å². The Bertz CT molecular complexity index is 123. The van der Waals surface area contributed by atoms with Crippen molar-refractivity contribution >= 4 is 0 Å². The quantitative estimate of drug-likeness (QED) is 0.571. The van der Waals surface area contributed by atoms with Crippen molar-refractivity contribution in [3.63, 3.8) is 0 Å². The molecule has 1 aliphatic rings. The molecule has 0 saturated heterocycles. The lowest BCUT2D eigenvalue weighted by molar-refractivity contribution is 0.0276. The third kappa shape index (κ3) is 4.07. The van der Waals surface area contributed by atoms with E-state index in [4.69, 9.17) is 9.47 Å². The van der Waals surface area contributed by atoms with Crippen molar-refractivity contribution in [2.75, 3.05) is 19.8 Å². The van der Waals surface area contributed by atoms with E-state index in [1.807, 2.05) is 0 Å². The minimum Gasteiger partial charge on any atom is -0.379 e. The van der Waals surface area contributed by atoms with E-state index in [0.717, 1.165) is 25.7 Å². The first-order chi connectivity index (χ1) is 5.70. The molecule has 0 aromatic heterocycles. The molecular formula is C10H20O2. The number of hydrogen-bond acceptors (Lipinski definition) is 2. The highest BCUT2D eigenvalue weighted by Crippen LogP contribution is 2.32. The molecule has 0 heterocycles. The van der Waals surface area contributed by atoms with Crippen molar-refractivity contribution < 1.29 is 9.47 Å². The van der Waals surface area contributed by atoms with E-state index in [1.165, 1.54) is 6.42 Å². The van der Waals surface area contributed by atoms with E-state index in [9.17, 15) is 0 Å². The van der Waals surface area contributed by atoms with Crippen molar-refractivity contribution in [1.29, 1.82) is 0 Å². The molecular weight excluding hydrogens is 152 g/mol. The average Bonchev–Trinajstić information content (AvgIpc) is 2.65. The molecule has 2 heteroatoms. The minimum atomic E-state index is 0.535. The monoisotopic (exact) mass is 172 g/mol. The summed E-state index contributed by atoms with van der Waals surface area (Å²) < 4.78 is 10.9. The third-order valence-electron chi connectivity index (χ3n) is 2.05. The predicted molar refractivity (Wildman–Crippen MR) is 49.2 cm³/mol. The van der Waals surface area contributed by atoms with Gasteiger partial charge in [-0.25, -0.2) is 0 Å². The molecule has 1 rings (SSSR count). The van der Waals surface area contributed by atoms with E-state index < -0.39 is 0 Å². The Labute approximate surface area is 75.2 Å². The van der Waals surface area contributed by atoms with E-state index in [2.05, 4.69) is 20.8 Å². The second kappa shape index (κ2) is 4.83. The van der Waals surface area contributed by atoms with Crippen LogP contribution >= 0.6 is 0 Å². The Kier molecular flexibility index (Phi) is 4.02. The summed E-state index contributed by atoms with van der Waals surface area (Å²) in [7, 11) is 0. The second-order valence-electron chi connectivity index (χ2n) is 4.09. The van der Waals surface area contributed by atoms with Crippen LogP contribution in [-0.4, -0.2) is 25.9 Å². The molecule has 0 aliphatic heterocycles. The summed E-state index contributed by atoms with van der Waals surface area (Å²) in [5.41, 5.74) is 0. The fourth-order valence-corrected chi connectivity index (χ4v) is 1.10. The van der Waals surface area contributed by atoms with Crippen LogP contribution in [0.5, 0.6) is 0 Å². The Hall–Kier alpha value is -0.0800. The van der Waals surface area contributed by atoms with Gasteiger partial charge >= 0.3 is 0 Å². The van der Waals surface area contributed by atoms with Crippen LogP contribution in [0.1, 0.15) is 27.2 Å². The van der Waals surface area contributed by atoms with E-state index in [-0.39, 0.29) is 0 Å². The van der Waals surface area contributed by atoms with Crippen molar-refractivity contribution in [2.24, 2.45) is 11.8 Å². The lowest BCUT2D eigenvalue weighted by Gasteiger charge is -2.06. The lowest BCUT2D eigenvalue weighted by Crippen LogP contribution is -2.09. The Morgan fingerprint density at radius 3 is 2.50 bits per heavy atom. The molecule has 0 radical (unpaired) electrons. The normalized spacial score (nSPS) is 28.0. The van der Waals surface area contributed by atoms with E-state index in [0.29, 0.717) is 12.0 Å². The van der Waals surface area contributed by atoms with Gasteiger partial charge in [0.25, 0.3) is 0 Å². The Morgan fingerprint density at radius 2 is 2.00 bits per heavy atom. The summed E-state index contributed by atoms with van der Waals surface area (Å²) in [5.74, 6) is 1.42. The zero-order valence-electron chi connectivity index (χ0n) is 8.38. The first-order valence-electron chi connectivity index (χ1n) is 4.89. The van der Waals surface area contributed by atoms with Crippen LogP contribution in [0.3, 0.4) is 0 Å². The summed E-state index contributed by atoms with van der Waals surface area (Å²) in [6.07, 6.45) is 1.78. The number of rotatable bonds is 6. The zero-order chi connectivity index (χ0) is 8.97. The highest BCUT2D eigenvalue weighted by Gasteiger charge is 2.33. The first kappa shape index (κ1) is 10.0. The molecule has 0 spiro atoms. The Balaban J connectivity index is 1.77. The van der Waals surface area contributed by atoms with Gasteiger partial charge < -0.3 is 9.47 Å². The van der Waals surface area contributed by atoms with Crippen LogP contribution in [0, 0.1) is 11.8 Å². The molecule has 0 amide bonds. The lowest BCUT2D eigenvalue weighted by atomic mass is 10.2. The standard InChI is InChI=1S/C10H20O2/c1-8(2)7-11-4-5-12-10-6-9(10)3/h8-10H,4-7H2,1-3H3. The maximum atomic E-state index is 5.52. The van der Waals surface area contributed by atoms with Crippen LogP contribution in [0.4, 0.5) is 0 Å². The second-order valence-corrected chi connectivity index (χ2v) is 4.09. The summed E-state index contributed by atoms with van der Waals surface area (Å²) in [4.78, 5) is 0. The van der Waals surface area contributed by atoms with Gasteiger partial charge in [0, 0.05) is 6.61 Å². The van der Waals surface area contributed by atoms with Crippen LogP contribution in [-0.2, 0) is 9.47 Å². The molecule has 0 aromatic rings. The van der Waals surface area contributed by atoms with Crippen LogP contribution in [0.15, 0.2) is 0 Å². The van der Waals surface area contributed by atoms with Gasteiger partial charge in [-0.3, -0.25) is 0 Å². The maximum Gasteiger partial charge on any atom is 0.0704 e. The topological polar surface area (TPSA) is 18.5 Å². The molecule has 1 aliphatic carbocycles. The highest BCUT2D eigenvalue weighted by molar-refractivity contribution is 4.83. The highest BCUT2D eigenvalue weighted by atomic mass is 16.5. The van der Waals surface area contributed by atoms with Gasteiger partial charge in [0.2, 0.25) is 0 Å². The summed E-state index contributed by atoms with van der Waals surface area (Å²) in [6.45, 7) is 8.90. The Morgan fingerprint density at radius 1 is 1.33 bits per heavy atom. The SMILES string of the molecule is CC(C)COCCOC1CC1C. The molecule has 0 N–H and O–H groups in total. The third-order valence-corrected chi connectivity index (χ3v) is 2.05. The molecule has 2 atom stereocenters. The van der Waals surface area contributed by atoms with Crippen LogP contribution in [0.25, 0.3) is 0 Å². The van der Waals surface area contributed by atoms with Gasteiger partial charge in [-0.1, -0.05) is 20.8 Å². The van der Waals surface area contributed by atoms with Crippen LogP contribution < -0.4 is 0 Å². The van der Waals surface area contributed by atoms with Gasteiger partial charge in [0.15, 0.2) is 0 Å². The van der Waals surface area contributed by atoms with Gasteiger partial charge in [0.05, 0.1) is 19.3 Å². The molecule has 1 fully saturated rings. The molecule has 72 valence electrons. The van der Waals surface area contributed by atoms with Gasteiger partial charge in [-0.15, -0.1) is 0 Å². The number of ether oxygens (including phenoxy) is 2. The summed E-state index contributed by atoms with van der Waals surface area (Å²) >= 11 is 0. The fraction of sp³-hybridized carbons (Fsp3) is 1.00. The van der Waals surface area contributed by atoms with E-state index >= 15 is 0 Å². The molecule has 2 nitrogen and oxygen atoms in total. The van der Waals surface area contributed by atoms with Crippen molar-refractivity contribution in [2.45, 2.75) is 33.3 Å². The fourth-order valence-electron chi connectivity index (χ4n) is 1.10. The van der Waals surface area contributed by atoms with Gasteiger partial charge in [-0.05, 0) is 18.3 Å². The van der Waals surface area contributed by atoms with Gasteiger partial charge in [0.1, 0.15) is 0 Å². The summed E-state index contributed by atoms with van der Waals surface area (Å²) in [5, 5.41) is 0. The molecule has 12 heavy (non-hydrogen) atoms. The molecule has 1 saturated carbocycles. The van der Waals surface area contributed by atoms with E-state index in [1.54, 1.807) is 0 Å². The molecule has 2 unspecified atom stereocenters. The number of hydrogen-bond donors (Lipinski definition) is 0.